The molecule has 0 amide bonds. The molecule has 1 aromatic rings. The van der Waals surface area contributed by atoms with Crippen LogP contribution in [0.15, 0.2) is 12.4 Å². The van der Waals surface area contributed by atoms with Crippen molar-refractivity contribution in [2.45, 2.75) is 72.4 Å². The second-order valence-corrected chi connectivity index (χ2v) is 7.72. The van der Waals surface area contributed by atoms with Crippen LogP contribution in [-0.2, 0) is 6.54 Å². The molecule has 1 heterocycles. The SMILES string of the molecule is CCCn1ccnc1C(NC)C1CCC(C(C)(C)C)CC1. The molecule has 1 aliphatic carbocycles. The summed E-state index contributed by atoms with van der Waals surface area (Å²) in [5.41, 5.74) is 0.459. The number of rotatable bonds is 5. The van der Waals surface area contributed by atoms with Crippen molar-refractivity contribution in [1.29, 1.82) is 0 Å². The minimum atomic E-state index is 0.410. The monoisotopic (exact) mass is 291 g/mol. The van der Waals surface area contributed by atoms with Crippen LogP contribution in [0.1, 0.15) is 71.7 Å². The van der Waals surface area contributed by atoms with Gasteiger partial charge >= 0.3 is 0 Å². The Kier molecular flexibility index (Phi) is 5.48. The Labute approximate surface area is 130 Å². The Morgan fingerprint density at radius 2 is 1.95 bits per heavy atom. The zero-order valence-electron chi connectivity index (χ0n) is 14.5. The second-order valence-electron chi connectivity index (χ2n) is 7.72. The highest BCUT2D eigenvalue weighted by Crippen LogP contribution is 2.43. The van der Waals surface area contributed by atoms with Crippen LogP contribution >= 0.6 is 0 Å². The molecule has 1 fully saturated rings. The van der Waals surface area contributed by atoms with E-state index in [4.69, 9.17) is 0 Å². The first kappa shape index (κ1) is 16.5. The lowest BCUT2D eigenvalue weighted by molar-refractivity contribution is 0.131. The molecule has 1 saturated carbocycles. The van der Waals surface area contributed by atoms with E-state index in [1.807, 2.05) is 6.20 Å². The fourth-order valence-electron chi connectivity index (χ4n) is 3.92. The molecule has 1 unspecified atom stereocenters. The first-order valence-corrected chi connectivity index (χ1v) is 8.65. The third-order valence-corrected chi connectivity index (χ3v) is 5.27. The van der Waals surface area contributed by atoms with Crippen molar-refractivity contribution in [3.8, 4) is 0 Å². The van der Waals surface area contributed by atoms with E-state index in [1.165, 1.54) is 31.5 Å². The molecule has 1 aliphatic rings. The van der Waals surface area contributed by atoms with E-state index in [9.17, 15) is 0 Å². The minimum absolute atomic E-state index is 0.410. The van der Waals surface area contributed by atoms with Crippen LogP contribution in [0.25, 0.3) is 0 Å². The van der Waals surface area contributed by atoms with Crippen molar-refractivity contribution >= 4 is 0 Å². The van der Waals surface area contributed by atoms with E-state index in [0.29, 0.717) is 11.5 Å². The van der Waals surface area contributed by atoms with Crippen molar-refractivity contribution in [1.82, 2.24) is 14.9 Å². The number of hydrogen-bond acceptors (Lipinski definition) is 2. The Balaban J connectivity index is 2.04. The van der Waals surface area contributed by atoms with E-state index in [1.54, 1.807) is 0 Å². The summed E-state index contributed by atoms with van der Waals surface area (Å²) < 4.78 is 2.33. The summed E-state index contributed by atoms with van der Waals surface area (Å²) in [6.45, 7) is 10.5. The largest absolute Gasteiger partial charge is 0.334 e. The zero-order chi connectivity index (χ0) is 15.5. The number of nitrogens with zero attached hydrogens (tertiary/aromatic N) is 2. The predicted octanol–water partition coefficient (Wildman–Crippen LogP) is 4.41. The molecule has 0 aliphatic heterocycles. The van der Waals surface area contributed by atoms with Crippen LogP contribution < -0.4 is 5.32 Å². The summed E-state index contributed by atoms with van der Waals surface area (Å²) in [6.07, 6.45) is 10.6. The lowest BCUT2D eigenvalue weighted by Crippen LogP contribution is -2.33. The van der Waals surface area contributed by atoms with Gasteiger partial charge in [0.15, 0.2) is 0 Å². The number of imidazole rings is 1. The number of hydrogen-bond donors (Lipinski definition) is 1. The highest BCUT2D eigenvalue weighted by molar-refractivity contribution is 5.02. The van der Waals surface area contributed by atoms with E-state index in [-0.39, 0.29) is 0 Å². The van der Waals surface area contributed by atoms with Gasteiger partial charge < -0.3 is 9.88 Å². The van der Waals surface area contributed by atoms with Gasteiger partial charge in [0.25, 0.3) is 0 Å². The summed E-state index contributed by atoms with van der Waals surface area (Å²) in [6, 6.07) is 0.410. The molecule has 0 aromatic carbocycles. The summed E-state index contributed by atoms with van der Waals surface area (Å²) in [5, 5.41) is 3.54. The van der Waals surface area contributed by atoms with E-state index < -0.39 is 0 Å². The first-order valence-electron chi connectivity index (χ1n) is 8.65. The van der Waals surface area contributed by atoms with Crippen LogP contribution in [0.4, 0.5) is 0 Å². The van der Waals surface area contributed by atoms with Crippen LogP contribution in [0.5, 0.6) is 0 Å². The van der Waals surface area contributed by atoms with E-state index in [2.05, 4.69) is 55.8 Å². The molecule has 3 heteroatoms. The highest BCUT2D eigenvalue weighted by atomic mass is 15.1. The Hall–Kier alpha value is -0.830. The van der Waals surface area contributed by atoms with Crippen molar-refractivity contribution in [3.63, 3.8) is 0 Å². The van der Waals surface area contributed by atoms with Crippen molar-refractivity contribution < 1.29 is 0 Å². The maximum Gasteiger partial charge on any atom is 0.126 e. The summed E-state index contributed by atoms with van der Waals surface area (Å²) in [7, 11) is 2.09. The molecular weight excluding hydrogens is 258 g/mol. The molecule has 0 radical (unpaired) electrons. The van der Waals surface area contributed by atoms with E-state index in [0.717, 1.165) is 24.8 Å². The van der Waals surface area contributed by atoms with Crippen molar-refractivity contribution in [2.24, 2.45) is 17.3 Å². The lowest BCUT2D eigenvalue weighted by Gasteiger charge is -2.39. The average molecular weight is 291 g/mol. The normalized spacial score (nSPS) is 25.0. The fourth-order valence-corrected chi connectivity index (χ4v) is 3.92. The molecule has 1 aromatic heterocycles. The molecule has 1 atom stereocenters. The molecule has 120 valence electrons. The molecule has 0 saturated heterocycles. The van der Waals surface area contributed by atoms with Gasteiger partial charge in [-0.15, -0.1) is 0 Å². The van der Waals surface area contributed by atoms with Gasteiger partial charge in [0.05, 0.1) is 6.04 Å². The van der Waals surface area contributed by atoms with Crippen LogP contribution in [-0.4, -0.2) is 16.6 Å². The first-order chi connectivity index (χ1) is 9.97. The Morgan fingerprint density at radius 3 is 2.48 bits per heavy atom. The maximum absolute atomic E-state index is 4.65. The number of nitrogens with one attached hydrogen (secondary N) is 1. The Morgan fingerprint density at radius 1 is 1.29 bits per heavy atom. The standard InChI is InChI=1S/C18H33N3/c1-6-12-21-13-11-20-17(21)16(19-5)14-7-9-15(10-8-14)18(2,3)4/h11,13-16,19H,6-10,12H2,1-5H3. The van der Waals surface area contributed by atoms with Gasteiger partial charge in [-0.2, -0.15) is 0 Å². The Bertz CT molecular complexity index is 422. The summed E-state index contributed by atoms with van der Waals surface area (Å²) in [4.78, 5) is 4.65. The molecule has 2 rings (SSSR count). The number of aromatic nitrogens is 2. The van der Waals surface area contributed by atoms with E-state index >= 15 is 0 Å². The third-order valence-electron chi connectivity index (χ3n) is 5.27. The van der Waals surface area contributed by atoms with Crippen LogP contribution in [0.3, 0.4) is 0 Å². The fraction of sp³-hybridized carbons (Fsp3) is 0.833. The molecule has 0 spiro atoms. The molecular formula is C18H33N3. The predicted molar refractivity (Wildman–Crippen MR) is 89.2 cm³/mol. The van der Waals surface area contributed by atoms with Crippen LogP contribution in [0.2, 0.25) is 0 Å². The summed E-state index contributed by atoms with van der Waals surface area (Å²) in [5.74, 6) is 2.84. The minimum Gasteiger partial charge on any atom is -0.334 e. The van der Waals surface area contributed by atoms with Gasteiger partial charge in [-0.3, -0.25) is 0 Å². The highest BCUT2D eigenvalue weighted by Gasteiger charge is 2.34. The van der Waals surface area contributed by atoms with Crippen molar-refractivity contribution in [3.05, 3.63) is 18.2 Å². The molecule has 1 N–H and O–H groups in total. The quantitative estimate of drug-likeness (QED) is 0.871. The molecule has 21 heavy (non-hydrogen) atoms. The van der Waals surface area contributed by atoms with Gasteiger partial charge in [0, 0.05) is 18.9 Å². The van der Waals surface area contributed by atoms with Crippen LogP contribution in [0, 0.1) is 17.3 Å². The average Bonchev–Trinajstić information content (AvgIpc) is 2.88. The third kappa shape index (κ3) is 3.88. The van der Waals surface area contributed by atoms with Gasteiger partial charge in [0.1, 0.15) is 5.82 Å². The number of aryl methyl sites for hydroxylation is 1. The van der Waals surface area contributed by atoms with Gasteiger partial charge in [0.2, 0.25) is 0 Å². The van der Waals surface area contributed by atoms with Crippen molar-refractivity contribution in [2.75, 3.05) is 7.05 Å². The maximum atomic E-state index is 4.65. The topological polar surface area (TPSA) is 29.9 Å². The second kappa shape index (κ2) is 6.95. The lowest BCUT2D eigenvalue weighted by atomic mass is 9.68. The molecule has 0 bridgehead atoms. The van der Waals surface area contributed by atoms with Gasteiger partial charge in [-0.1, -0.05) is 27.7 Å². The van der Waals surface area contributed by atoms with Gasteiger partial charge in [-0.25, -0.2) is 4.98 Å². The zero-order valence-corrected chi connectivity index (χ0v) is 14.5. The smallest absolute Gasteiger partial charge is 0.126 e. The molecule has 3 nitrogen and oxygen atoms in total. The van der Waals surface area contributed by atoms with Gasteiger partial charge in [-0.05, 0) is 56.4 Å². The summed E-state index contributed by atoms with van der Waals surface area (Å²) >= 11 is 0.